The van der Waals surface area contributed by atoms with Crippen LogP contribution in [0.25, 0.3) is 0 Å². The average Bonchev–Trinajstić information content (AvgIpc) is 2.74. The zero-order valence-corrected chi connectivity index (χ0v) is 10.1. The van der Waals surface area contributed by atoms with Crippen LogP contribution in [-0.2, 0) is 4.74 Å². The van der Waals surface area contributed by atoms with E-state index in [1.54, 1.807) is 12.1 Å². The van der Waals surface area contributed by atoms with E-state index in [0.29, 0.717) is 18.8 Å². The zero-order valence-electron chi connectivity index (χ0n) is 10.1. The van der Waals surface area contributed by atoms with E-state index in [9.17, 15) is 9.50 Å². The molecule has 2 rings (SSSR count). The van der Waals surface area contributed by atoms with Gasteiger partial charge in [-0.1, -0.05) is 18.2 Å². The summed E-state index contributed by atoms with van der Waals surface area (Å²) in [5, 5.41) is 9.76. The van der Waals surface area contributed by atoms with E-state index in [2.05, 4.69) is 0 Å². The molecule has 0 aromatic heterocycles. The van der Waals surface area contributed by atoms with Crippen LogP contribution in [-0.4, -0.2) is 42.4 Å². The Hall–Kier alpha value is -0.970. The van der Waals surface area contributed by atoms with Gasteiger partial charge in [0.15, 0.2) is 0 Å². The largest absolute Gasteiger partial charge is 0.389 e. The lowest BCUT2D eigenvalue weighted by molar-refractivity contribution is 0.0761. The molecule has 94 valence electrons. The van der Waals surface area contributed by atoms with Crippen LogP contribution in [0.4, 0.5) is 4.39 Å². The Labute approximate surface area is 101 Å². The molecule has 1 fully saturated rings. The fourth-order valence-corrected chi connectivity index (χ4v) is 2.24. The van der Waals surface area contributed by atoms with E-state index in [1.165, 1.54) is 6.07 Å². The maximum Gasteiger partial charge on any atom is 0.127 e. The van der Waals surface area contributed by atoms with Crippen LogP contribution in [0.5, 0.6) is 0 Å². The molecule has 3 nitrogen and oxygen atoms in total. The number of benzene rings is 1. The van der Waals surface area contributed by atoms with E-state index >= 15 is 0 Å². The molecule has 0 amide bonds. The summed E-state index contributed by atoms with van der Waals surface area (Å²) in [6, 6.07) is 6.59. The van der Waals surface area contributed by atoms with Gasteiger partial charge >= 0.3 is 0 Å². The molecule has 1 aromatic carbocycles. The maximum atomic E-state index is 13.7. The molecule has 0 saturated carbocycles. The maximum absolute atomic E-state index is 13.7. The number of aliphatic hydroxyl groups excluding tert-OH is 1. The molecule has 1 aromatic rings. The van der Waals surface area contributed by atoms with Gasteiger partial charge in [-0.15, -0.1) is 0 Å². The summed E-state index contributed by atoms with van der Waals surface area (Å²) in [5.41, 5.74) is 0.647. The molecule has 1 saturated heterocycles. The van der Waals surface area contributed by atoms with E-state index in [4.69, 9.17) is 4.74 Å². The molecule has 4 heteroatoms. The van der Waals surface area contributed by atoms with Crippen molar-refractivity contribution in [2.75, 3.05) is 20.3 Å². The average molecular weight is 239 g/mol. The second-order valence-corrected chi connectivity index (χ2v) is 4.54. The summed E-state index contributed by atoms with van der Waals surface area (Å²) >= 11 is 0. The minimum atomic E-state index is -0.491. The second-order valence-electron chi connectivity index (χ2n) is 4.54. The molecular formula is C13H18FNO2. The van der Waals surface area contributed by atoms with E-state index in [0.717, 1.165) is 0 Å². The highest BCUT2D eigenvalue weighted by molar-refractivity contribution is 5.21. The summed E-state index contributed by atoms with van der Waals surface area (Å²) in [4.78, 5) is 1.97. The third-order valence-electron chi connectivity index (χ3n) is 3.51. The molecule has 1 aliphatic heterocycles. The number of hydrogen-bond donors (Lipinski definition) is 1. The van der Waals surface area contributed by atoms with Crippen LogP contribution in [0.2, 0.25) is 0 Å². The predicted octanol–water partition coefficient (Wildman–Crippen LogP) is 1.58. The quantitative estimate of drug-likeness (QED) is 0.869. The van der Waals surface area contributed by atoms with E-state index in [1.807, 2.05) is 24.9 Å². The summed E-state index contributed by atoms with van der Waals surface area (Å²) < 4.78 is 18.9. The minimum Gasteiger partial charge on any atom is -0.389 e. The molecule has 17 heavy (non-hydrogen) atoms. The zero-order chi connectivity index (χ0) is 12.4. The van der Waals surface area contributed by atoms with Crippen LogP contribution in [0.1, 0.15) is 18.5 Å². The topological polar surface area (TPSA) is 32.7 Å². The van der Waals surface area contributed by atoms with Gasteiger partial charge in [0.1, 0.15) is 5.82 Å². The van der Waals surface area contributed by atoms with Crippen LogP contribution in [0.15, 0.2) is 24.3 Å². The number of halogens is 1. The molecule has 1 aliphatic rings. The lowest BCUT2D eigenvalue weighted by Gasteiger charge is -2.31. The molecular weight excluding hydrogens is 221 g/mol. The summed E-state index contributed by atoms with van der Waals surface area (Å²) in [5.74, 6) is -0.208. The fourth-order valence-electron chi connectivity index (χ4n) is 2.24. The Morgan fingerprint density at radius 1 is 1.41 bits per heavy atom. The van der Waals surface area contributed by atoms with Gasteiger partial charge in [-0.3, -0.25) is 4.90 Å². The van der Waals surface area contributed by atoms with Crippen molar-refractivity contribution in [3.05, 3.63) is 35.6 Å². The van der Waals surface area contributed by atoms with Gasteiger partial charge in [0, 0.05) is 11.6 Å². The Balaban J connectivity index is 2.14. The monoisotopic (exact) mass is 239 g/mol. The lowest BCUT2D eigenvalue weighted by Crippen LogP contribution is -2.42. The highest BCUT2D eigenvalue weighted by atomic mass is 19.1. The standard InChI is InChI=1S/C13H18FNO2/c1-9(10-5-3-4-6-11(10)14)15(2)12-7-17-8-13(12)16/h3-6,9,12-13,16H,7-8H2,1-2H3. The first-order chi connectivity index (χ1) is 8.11. The molecule has 0 radical (unpaired) electrons. The molecule has 0 aliphatic carbocycles. The van der Waals surface area contributed by atoms with Crippen molar-refractivity contribution in [1.29, 1.82) is 0 Å². The van der Waals surface area contributed by atoms with Crippen LogP contribution < -0.4 is 0 Å². The van der Waals surface area contributed by atoms with Gasteiger partial charge in [-0.25, -0.2) is 4.39 Å². The first-order valence-corrected chi connectivity index (χ1v) is 5.83. The number of ether oxygens (including phenoxy) is 1. The van der Waals surface area contributed by atoms with Crippen molar-refractivity contribution in [2.24, 2.45) is 0 Å². The van der Waals surface area contributed by atoms with Gasteiger partial charge in [0.2, 0.25) is 0 Å². The first-order valence-electron chi connectivity index (χ1n) is 5.83. The van der Waals surface area contributed by atoms with Gasteiger partial charge in [0.25, 0.3) is 0 Å². The van der Waals surface area contributed by atoms with Crippen LogP contribution in [0, 0.1) is 5.82 Å². The van der Waals surface area contributed by atoms with Crippen LogP contribution in [0.3, 0.4) is 0 Å². The number of nitrogens with zero attached hydrogens (tertiary/aromatic N) is 1. The summed E-state index contributed by atoms with van der Waals surface area (Å²) in [7, 11) is 1.89. The summed E-state index contributed by atoms with van der Waals surface area (Å²) in [6.07, 6.45) is -0.491. The van der Waals surface area contributed by atoms with Gasteiger partial charge in [-0.2, -0.15) is 0 Å². The number of aliphatic hydroxyl groups is 1. The fraction of sp³-hybridized carbons (Fsp3) is 0.538. The Morgan fingerprint density at radius 2 is 2.12 bits per heavy atom. The third kappa shape index (κ3) is 2.49. The highest BCUT2D eigenvalue weighted by Crippen LogP contribution is 2.26. The van der Waals surface area contributed by atoms with Crippen molar-refractivity contribution in [1.82, 2.24) is 4.90 Å². The number of likely N-dealkylation sites (N-methyl/N-ethyl adjacent to an activating group) is 1. The number of hydrogen-bond acceptors (Lipinski definition) is 3. The highest BCUT2D eigenvalue weighted by Gasteiger charge is 2.32. The molecule has 0 bridgehead atoms. The number of rotatable bonds is 3. The lowest BCUT2D eigenvalue weighted by atomic mass is 10.0. The van der Waals surface area contributed by atoms with Crippen molar-refractivity contribution in [3.63, 3.8) is 0 Å². The van der Waals surface area contributed by atoms with Gasteiger partial charge in [-0.05, 0) is 20.0 Å². The predicted molar refractivity (Wildman–Crippen MR) is 63.2 cm³/mol. The van der Waals surface area contributed by atoms with Crippen molar-refractivity contribution >= 4 is 0 Å². The SMILES string of the molecule is CC(c1ccccc1F)N(C)C1COCC1O. The Bertz CT molecular complexity index is 385. The molecule has 0 spiro atoms. The smallest absolute Gasteiger partial charge is 0.127 e. The summed E-state index contributed by atoms with van der Waals surface area (Å²) in [6.45, 7) is 2.79. The van der Waals surface area contributed by atoms with Gasteiger partial charge < -0.3 is 9.84 Å². The Kier molecular flexibility index (Phi) is 3.76. The van der Waals surface area contributed by atoms with E-state index in [-0.39, 0.29) is 17.9 Å². The van der Waals surface area contributed by atoms with Crippen LogP contribution >= 0.6 is 0 Å². The molecule has 1 N–H and O–H groups in total. The van der Waals surface area contributed by atoms with E-state index < -0.39 is 6.10 Å². The third-order valence-corrected chi connectivity index (χ3v) is 3.51. The van der Waals surface area contributed by atoms with Crippen molar-refractivity contribution < 1.29 is 14.2 Å². The molecule has 1 heterocycles. The normalized spacial score (nSPS) is 26.4. The van der Waals surface area contributed by atoms with Gasteiger partial charge in [0.05, 0.1) is 25.4 Å². The molecule has 3 unspecified atom stereocenters. The first kappa shape index (κ1) is 12.5. The minimum absolute atomic E-state index is 0.0652. The molecule has 3 atom stereocenters. The Morgan fingerprint density at radius 3 is 2.71 bits per heavy atom. The van der Waals surface area contributed by atoms with Crippen molar-refractivity contribution in [3.8, 4) is 0 Å². The second kappa shape index (κ2) is 5.12. The van der Waals surface area contributed by atoms with Crippen molar-refractivity contribution in [2.45, 2.75) is 25.1 Å².